The fraction of sp³-hybridized carbons (Fsp3) is 1.00. The highest BCUT2D eigenvalue weighted by Crippen LogP contribution is 2.40. The first-order valence-electron chi connectivity index (χ1n) is 9.91. The van der Waals surface area contributed by atoms with Gasteiger partial charge in [-0.15, -0.1) is 0 Å². The molecule has 0 amide bonds. The SMILES string of the molecule is CCCCCCCCC(CCC)(OCCCC)C(OC)(OC)OC. The molecule has 0 aromatic heterocycles. The van der Waals surface area contributed by atoms with E-state index in [1.165, 1.54) is 32.1 Å². The average Bonchev–Trinajstić information content (AvgIpc) is 2.60. The first-order valence-corrected chi connectivity index (χ1v) is 9.91. The smallest absolute Gasteiger partial charge is 0.313 e. The highest BCUT2D eigenvalue weighted by molar-refractivity contribution is 4.91. The van der Waals surface area contributed by atoms with E-state index in [2.05, 4.69) is 20.8 Å². The lowest BCUT2D eigenvalue weighted by Gasteiger charge is -2.46. The molecule has 0 saturated carbocycles. The van der Waals surface area contributed by atoms with E-state index in [1.54, 1.807) is 21.3 Å². The molecule has 0 aliphatic rings. The lowest BCUT2D eigenvalue weighted by atomic mass is 9.87. The van der Waals surface area contributed by atoms with Gasteiger partial charge >= 0.3 is 5.97 Å². The van der Waals surface area contributed by atoms with Crippen molar-refractivity contribution in [2.24, 2.45) is 0 Å². The van der Waals surface area contributed by atoms with Gasteiger partial charge in [0.2, 0.25) is 0 Å². The number of unbranched alkanes of at least 4 members (excludes halogenated alkanes) is 6. The Balaban J connectivity index is 5.05. The molecule has 146 valence electrons. The number of hydrogen-bond acceptors (Lipinski definition) is 4. The summed E-state index contributed by atoms with van der Waals surface area (Å²) < 4.78 is 23.5. The Morgan fingerprint density at radius 2 is 1.12 bits per heavy atom. The van der Waals surface area contributed by atoms with E-state index in [1.807, 2.05) is 0 Å². The Bertz CT molecular complexity index is 271. The molecule has 0 radical (unpaired) electrons. The van der Waals surface area contributed by atoms with Gasteiger partial charge in [-0.1, -0.05) is 72.1 Å². The predicted molar refractivity (Wildman–Crippen MR) is 100 cm³/mol. The highest BCUT2D eigenvalue weighted by atomic mass is 16.9. The summed E-state index contributed by atoms with van der Waals surface area (Å²) in [7, 11) is 4.92. The normalized spacial score (nSPS) is 14.8. The number of ether oxygens (including phenoxy) is 4. The standard InChI is InChI=1S/C20H42O4/c1-7-10-12-13-14-15-17-19(16-9-3,24-18-11-8-2)20(21-4,22-5)23-6/h7-18H2,1-6H3. The molecule has 0 aromatic rings. The van der Waals surface area contributed by atoms with Gasteiger partial charge in [-0.2, -0.15) is 0 Å². The molecule has 24 heavy (non-hydrogen) atoms. The first-order chi connectivity index (χ1) is 11.6. The van der Waals surface area contributed by atoms with E-state index in [0.717, 1.165) is 38.5 Å². The van der Waals surface area contributed by atoms with Crippen LogP contribution in [0.5, 0.6) is 0 Å². The number of hydrogen-bond donors (Lipinski definition) is 0. The molecule has 0 spiro atoms. The molecule has 1 atom stereocenters. The van der Waals surface area contributed by atoms with Crippen molar-refractivity contribution in [1.29, 1.82) is 0 Å². The summed E-state index contributed by atoms with van der Waals surface area (Å²) in [4.78, 5) is 0. The van der Waals surface area contributed by atoms with Crippen molar-refractivity contribution in [2.75, 3.05) is 27.9 Å². The molecule has 0 bridgehead atoms. The summed E-state index contributed by atoms with van der Waals surface area (Å²) >= 11 is 0. The third-order valence-electron chi connectivity index (χ3n) is 4.83. The molecule has 0 aliphatic heterocycles. The third-order valence-corrected chi connectivity index (χ3v) is 4.83. The molecule has 4 nitrogen and oxygen atoms in total. The van der Waals surface area contributed by atoms with Crippen molar-refractivity contribution in [2.45, 2.75) is 103 Å². The second kappa shape index (κ2) is 14.1. The maximum atomic E-state index is 6.40. The van der Waals surface area contributed by atoms with Gasteiger partial charge in [0.15, 0.2) is 0 Å². The number of methoxy groups -OCH3 is 3. The van der Waals surface area contributed by atoms with Crippen LogP contribution in [0.15, 0.2) is 0 Å². The lowest BCUT2D eigenvalue weighted by molar-refractivity contribution is -0.429. The highest BCUT2D eigenvalue weighted by Gasteiger charge is 2.54. The van der Waals surface area contributed by atoms with Crippen LogP contribution >= 0.6 is 0 Å². The van der Waals surface area contributed by atoms with Crippen LogP contribution in [0.3, 0.4) is 0 Å². The minimum atomic E-state index is -1.14. The molecule has 0 aliphatic carbocycles. The van der Waals surface area contributed by atoms with Gasteiger partial charge in [0.1, 0.15) is 5.60 Å². The Hall–Kier alpha value is -0.160. The first kappa shape index (κ1) is 23.8. The molecular weight excluding hydrogens is 304 g/mol. The molecule has 0 fully saturated rings. The Morgan fingerprint density at radius 3 is 1.62 bits per heavy atom. The Kier molecular flexibility index (Phi) is 14.0. The maximum Gasteiger partial charge on any atom is 0.313 e. The summed E-state index contributed by atoms with van der Waals surface area (Å²) in [6, 6.07) is 0. The van der Waals surface area contributed by atoms with E-state index in [0.29, 0.717) is 6.61 Å². The van der Waals surface area contributed by atoms with Gasteiger partial charge in [0.25, 0.3) is 0 Å². The topological polar surface area (TPSA) is 36.9 Å². The zero-order chi connectivity index (χ0) is 18.3. The van der Waals surface area contributed by atoms with Gasteiger partial charge in [0.05, 0.1) is 0 Å². The maximum absolute atomic E-state index is 6.40. The summed E-state index contributed by atoms with van der Waals surface area (Å²) in [6.45, 7) is 7.31. The van der Waals surface area contributed by atoms with Crippen LogP contribution in [0.4, 0.5) is 0 Å². The predicted octanol–water partition coefficient (Wildman–Crippen LogP) is 5.69. The fourth-order valence-electron chi connectivity index (χ4n) is 3.48. The van der Waals surface area contributed by atoms with Crippen LogP contribution in [0.25, 0.3) is 0 Å². The lowest BCUT2D eigenvalue weighted by Crippen LogP contribution is -2.59. The van der Waals surface area contributed by atoms with Crippen molar-refractivity contribution < 1.29 is 18.9 Å². The largest absolute Gasteiger partial charge is 0.367 e. The van der Waals surface area contributed by atoms with Gasteiger partial charge in [0, 0.05) is 27.9 Å². The van der Waals surface area contributed by atoms with Crippen molar-refractivity contribution in [3.63, 3.8) is 0 Å². The zero-order valence-corrected chi connectivity index (χ0v) is 17.1. The second-order valence-electron chi connectivity index (χ2n) is 6.63. The molecule has 0 aromatic carbocycles. The van der Waals surface area contributed by atoms with Crippen LogP contribution in [-0.4, -0.2) is 39.5 Å². The Labute approximate surface area is 150 Å². The summed E-state index contributed by atoms with van der Waals surface area (Å²) in [5.74, 6) is -1.14. The van der Waals surface area contributed by atoms with Crippen molar-refractivity contribution in [3.8, 4) is 0 Å². The monoisotopic (exact) mass is 346 g/mol. The fourth-order valence-corrected chi connectivity index (χ4v) is 3.48. The van der Waals surface area contributed by atoms with Gasteiger partial charge in [-0.25, -0.2) is 0 Å². The van der Waals surface area contributed by atoms with Crippen LogP contribution in [0, 0.1) is 0 Å². The van der Waals surface area contributed by atoms with E-state index >= 15 is 0 Å². The molecule has 0 N–H and O–H groups in total. The number of rotatable bonds is 17. The molecule has 4 heteroatoms. The zero-order valence-electron chi connectivity index (χ0n) is 17.1. The van der Waals surface area contributed by atoms with E-state index in [-0.39, 0.29) is 0 Å². The Morgan fingerprint density at radius 1 is 0.583 bits per heavy atom. The van der Waals surface area contributed by atoms with E-state index < -0.39 is 11.6 Å². The van der Waals surface area contributed by atoms with Gasteiger partial charge in [-0.05, 0) is 19.3 Å². The third kappa shape index (κ3) is 6.99. The summed E-state index contributed by atoms with van der Waals surface area (Å²) in [6.07, 6.45) is 12.4. The second-order valence-corrected chi connectivity index (χ2v) is 6.63. The van der Waals surface area contributed by atoms with E-state index in [4.69, 9.17) is 18.9 Å². The van der Waals surface area contributed by atoms with Crippen LogP contribution < -0.4 is 0 Å². The molecule has 0 heterocycles. The summed E-state index contributed by atoms with van der Waals surface area (Å²) in [5.41, 5.74) is -0.556. The van der Waals surface area contributed by atoms with Crippen molar-refractivity contribution >= 4 is 0 Å². The molecule has 0 rings (SSSR count). The van der Waals surface area contributed by atoms with Gasteiger partial charge in [-0.3, -0.25) is 0 Å². The molecular formula is C20H42O4. The van der Waals surface area contributed by atoms with E-state index in [9.17, 15) is 0 Å². The quantitative estimate of drug-likeness (QED) is 0.250. The van der Waals surface area contributed by atoms with Crippen molar-refractivity contribution in [3.05, 3.63) is 0 Å². The van der Waals surface area contributed by atoms with Crippen LogP contribution in [0.2, 0.25) is 0 Å². The van der Waals surface area contributed by atoms with Crippen LogP contribution in [-0.2, 0) is 18.9 Å². The van der Waals surface area contributed by atoms with Crippen LogP contribution in [0.1, 0.15) is 91.4 Å². The minimum absolute atomic E-state index is 0.556. The summed E-state index contributed by atoms with van der Waals surface area (Å²) in [5, 5.41) is 0. The van der Waals surface area contributed by atoms with Gasteiger partial charge < -0.3 is 18.9 Å². The molecule has 1 unspecified atom stereocenters. The minimum Gasteiger partial charge on any atom is -0.367 e. The van der Waals surface area contributed by atoms with Crippen molar-refractivity contribution in [1.82, 2.24) is 0 Å². The molecule has 0 saturated heterocycles. The average molecular weight is 347 g/mol.